The minimum absolute atomic E-state index is 0.0932. The molecule has 0 bridgehead atoms. The first-order valence-corrected chi connectivity index (χ1v) is 10.1. The SMILES string of the molecule is CC(=O)N(C)C1CCN(c2ccc(NC(=O)C=Cc3cc4ccccc4o3)cc2)C1. The number of anilines is 2. The highest BCUT2D eigenvalue weighted by Gasteiger charge is 2.27. The Kier molecular flexibility index (Phi) is 5.57. The van der Waals surface area contributed by atoms with Crippen LogP contribution < -0.4 is 10.2 Å². The molecule has 2 heterocycles. The number of nitrogens with zero attached hydrogens (tertiary/aromatic N) is 2. The summed E-state index contributed by atoms with van der Waals surface area (Å²) in [4.78, 5) is 27.9. The Labute approximate surface area is 175 Å². The number of nitrogens with one attached hydrogen (secondary N) is 1. The van der Waals surface area contributed by atoms with Gasteiger partial charge in [-0.15, -0.1) is 0 Å². The van der Waals surface area contributed by atoms with Gasteiger partial charge in [0.15, 0.2) is 0 Å². The third kappa shape index (κ3) is 4.38. The first-order valence-electron chi connectivity index (χ1n) is 10.1. The Bertz CT molecular complexity index is 1050. The lowest BCUT2D eigenvalue weighted by Crippen LogP contribution is -2.37. The molecule has 1 N–H and O–H groups in total. The van der Waals surface area contributed by atoms with Crippen LogP contribution in [0, 0.1) is 0 Å². The van der Waals surface area contributed by atoms with Gasteiger partial charge in [0.2, 0.25) is 11.8 Å². The number of rotatable bonds is 5. The highest BCUT2D eigenvalue weighted by Crippen LogP contribution is 2.24. The molecule has 30 heavy (non-hydrogen) atoms. The highest BCUT2D eigenvalue weighted by molar-refractivity contribution is 6.02. The predicted molar refractivity (Wildman–Crippen MR) is 119 cm³/mol. The summed E-state index contributed by atoms with van der Waals surface area (Å²) in [5.41, 5.74) is 2.62. The lowest BCUT2D eigenvalue weighted by atomic mass is 10.2. The maximum Gasteiger partial charge on any atom is 0.248 e. The average molecular weight is 403 g/mol. The number of hydrogen-bond donors (Lipinski definition) is 1. The van der Waals surface area contributed by atoms with E-state index in [4.69, 9.17) is 4.42 Å². The second kappa shape index (κ2) is 8.45. The van der Waals surface area contributed by atoms with Gasteiger partial charge in [0.1, 0.15) is 11.3 Å². The lowest BCUT2D eigenvalue weighted by molar-refractivity contribution is -0.129. The molecule has 1 aromatic heterocycles. The summed E-state index contributed by atoms with van der Waals surface area (Å²) in [6.45, 7) is 3.33. The van der Waals surface area contributed by atoms with Gasteiger partial charge in [0, 0.05) is 49.9 Å². The molecule has 1 fully saturated rings. The summed E-state index contributed by atoms with van der Waals surface area (Å²) >= 11 is 0. The molecule has 6 nitrogen and oxygen atoms in total. The molecule has 0 radical (unpaired) electrons. The van der Waals surface area contributed by atoms with Gasteiger partial charge in [0.05, 0.1) is 6.04 Å². The zero-order chi connectivity index (χ0) is 21.1. The molecule has 1 unspecified atom stereocenters. The van der Waals surface area contributed by atoms with E-state index in [2.05, 4.69) is 10.2 Å². The van der Waals surface area contributed by atoms with Gasteiger partial charge >= 0.3 is 0 Å². The van der Waals surface area contributed by atoms with E-state index in [1.807, 2.05) is 66.5 Å². The number of para-hydroxylation sites is 1. The maximum atomic E-state index is 12.2. The van der Waals surface area contributed by atoms with Gasteiger partial charge < -0.3 is 19.5 Å². The molecule has 1 atom stereocenters. The number of amides is 2. The van der Waals surface area contributed by atoms with Crippen molar-refractivity contribution >= 4 is 40.2 Å². The standard InChI is InChI=1S/C24H25N3O3/c1-17(28)26(2)21-13-14-27(16-21)20-9-7-19(8-10-20)25-24(29)12-11-22-15-18-5-3-4-6-23(18)30-22/h3-12,15,21H,13-14,16H2,1-2H3,(H,25,29). The first kappa shape index (κ1) is 19.8. The smallest absolute Gasteiger partial charge is 0.248 e. The van der Waals surface area contributed by atoms with E-state index in [-0.39, 0.29) is 17.9 Å². The summed E-state index contributed by atoms with van der Waals surface area (Å²) in [6.07, 6.45) is 4.09. The van der Waals surface area contributed by atoms with E-state index >= 15 is 0 Å². The van der Waals surface area contributed by atoms with Crippen LogP contribution in [0.2, 0.25) is 0 Å². The molecule has 2 aromatic carbocycles. The van der Waals surface area contributed by atoms with Crippen molar-refractivity contribution in [3.05, 3.63) is 66.4 Å². The number of furan rings is 1. The van der Waals surface area contributed by atoms with E-state index in [0.717, 1.165) is 41.9 Å². The number of hydrogen-bond acceptors (Lipinski definition) is 4. The van der Waals surface area contributed by atoms with Crippen molar-refractivity contribution in [3.8, 4) is 0 Å². The van der Waals surface area contributed by atoms with Crippen molar-refractivity contribution in [2.45, 2.75) is 19.4 Å². The van der Waals surface area contributed by atoms with Gasteiger partial charge in [-0.1, -0.05) is 18.2 Å². The second-order valence-corrected chi connectivity index (χ2v) is 7.57. The zero-order valence-electron chi connectivity index (χ0n) is 17.2. The zero-order valence-corrected chi connectivity index (χ0v) is 17.2. The highest BCUT2D eigenvalue weighted by atomic mass is 16.3. The fraction of sp³-hybridized carbons (Fsp3) is 0.250. The number of likely N-dealkylation sites (N-methyl/N-ethyl adjacent to an activating group) is 1. The van der Waals surface area contributed by atoms with Gasteiger partial charge in [-0.2, -0.15) is 0 Å². The van der Waals surface area contributed by atoms with Crippen LogP contribution in [0.3, 0.4) is 0 Å². The molecule has 1 aliphatic rings. The number of benzene rings is 2. The minimum Gasteiger partial charge on any atom is -0.457 e. The van der Waals surface area contributed by atoms with E-state index in [1.54, 1.807) is 13.0 Å². The van der Waals surface area contributed by atoms with Gasteiger partial charge in [-0.3, -0.25) is 9.59 Å². The summed E-state index contributed by atoms with van der Waals surface area (Å²) < 4.78 is 5.68. The van der Waals surface area contributed by atoms with E-state index in [1.165, 1.54) is 6.08 Å². The Balaban J connectivity index is 1.34. The van der Waals surface area contributed by atoms with Crippen molar-refractivity contribution in [1.82, 2.24) is 4.90 Å². The Hall–Kier alpha value is -3.54. The molecule has 6 heteroatoms. The molecule has 4 rings (SSSR count). The fourth-order valence-electron chi connectivity index (χ4n) is 3.73. The predicted octanol–water partition coefficient (Wildman–Crippen LogP) is 4.14. The van der Waals surface area contributed by atoms with Crippen LogP contribution in [-0.2, 0) is 9.59 Å². The monoisotopic (exact) mass is 403 g/mol. The van der Waals surface area contributed by atoms with Crippen LogP contribution >= 0.6 is 0 Å². The Morgan fingerprint density at radius 2 is 1.93 bits per heavy atom. The van der Waals surface area contributed by atoms with Crippen molar-refractivity contribution in [2.75, 3.05) is 30.4 Å². The van der Waals surface area contributed by atoms with E-state index in [0.29, 0.717) is 5.76 Å². The van der Waals surface area contributed by atoms with Crippen LogP contribution in [0.5, 0.6) is 0 Å². The Morgan fingerprint density at radius 1 is 1.17 bits per heavy atom. The molecular weight excluding hydrogens is 378 g/mol. The van der Waals surface area contributed by atoms with Crippen LogP contribution in [0.4, 0.5) is 11.4 Å². The Morgan fingerprint density at radius 3 is 2.67 bits per heavy atom. The largest absolute Gasteiger partial charge is 0.457 e. The normalized spacial score (nSPS) is 16.3. The fourth-order valence-corrected chi connectivity index (χ4v) is 3.73. The van der Waals surface area contributed by atoms with Gasteiger partial charge in [-0.05, 0) is 48.9 Å². The van der Waals surface area contributed by atoms with Crippen LogP contribution in [0.1, 0.15) is 19.1 Å². The summed E-state index contributed by atoms with van der Waals surface area (Å²) in [5.74, 6) is 0.518. The first-order chi connectivity index (χ1) is 14.5. The van der Waals surface area contributed by atoms with E-state index < -0.39 is 0 Å². The molecule has 2 amide bonds. The minimum atomic E-state index is -0.215. The molecule has 3 aromatic rings. The topological polar surface area (TPSA) is 65.8 Å². The van der Waals surface area contributed by atoms with Crippen LogP contribution in [0.25, 0.3) is 17.0 Å². The molecule has 0 spiro atoms. The molecule has 0 saturated carbocycles. The van der Waals surface area contributed by atoms with Crippen molar-refractivity contribution in [1.29, 1.82) is 0 Å². The van der Waals surface area contributed by atoms with Crippen molar-refractivity contribution < 1.29 is 14.0 Å². The average Bonchev–Trinajstić information content (AvgIpc) is 3.39. The lowest BCUT2D eigenvalue weighted by Gasteiger charge is -2.24. The molecule has 1 saturated heterocycles. The molecular formula is C24H25N3O3. The van der Waals surface area contributed by atoms with Crippen molar-refractivity contribution in [2.24, 2.45) is 0 Å². The quantitative estimate of drug-likeness (QED) is 0.650. The van der Waals surface area contributed by atoms with Crippen LogP contribution in [-0.4, -0.2) is 42.9 Å². The van der Waals surface area contributed by atoms with E-state index in [9.17, 15) is 9.59 Å². The summed E-state index contributed by atoms with van der Waals surface area (Å²) in [6, 6.07) is 17.7. The van der Waals surface area contributed by atoms with Crippen LogP contribution in [0.15, 0.2) is 65.1 Å². The van der Waals surface area contributed by atoms with Crippen molar-refractivity contribution in [3.63, 3.8) is 0 Å². The summed E-state index contributed by atoms with van der Waals surface area (Å²) in [5, 5.41) is 3.87. The summed E-state index contributed by atoms with van der Waals surface area (Å²) in [7, 11) is 1.86. The second-order valence-electron chi connectivity index (χ2n) is 7.57. The maximum absolute atomic E-state index is 12.2. The number of carbonyl (C=O) groups excluding carboxylic acids is 2. The third-order valence-electron chi connectivity index (χ3n) is 5.55. The molecule has 0 aliphatic carbocycles. The van der Waals surface area contributed by atoms with Gasteiger partial charge in [-0.25, -0.2) is 0 Å². The van der Waals surface area contributed by atoms with Gasteiger partial charge in [0.25, 0.3) is 0 Å². The number of fused-ring (bicyclic) bond motifs is 1. The molecule has 1 aliphatic heterocycles. The third-order valence-corrected chi connectivity index (χ3v) is 5.55. The molecule has 154 valence electrons. The number of carbonyl (C=O) groups is 2.